The van der Waals surface area contributed by atoms with Gasteiger partial charge in [0.05, 0.1) is 0 Å². The second kappa shape index (κ2) is 5.78. The molecule has 0 saturated heterocycles. The average molecular weight is 358 g/mol. The number of rotatable bonds is 3. The minimum Gasteiger partial charge on any atom is -0.207 e. The minimum atomic E-state index is -0.216. The Bertz CT molecular complexity index is 477. The topological polar surface area (TPSA) is 0 Å². The molecule has 0 heterocycles. The first-order chi connectivity index (χ1) is 8.15. The van der Waals surface area contributed by atoms with E-state index in [-0.39, 0.29) is 10.6 Å². The molecule has 2 aromatic carbocycles. The Labute approximate surface area is 117 Å². The zero-order chi connectivity index (χ0) is 12.3. The maximum atomic E-state index is 13.3. The lowest BCUT2D eigenvalue weighted by Crippen LogP contribution is -1.96. The Hall–Kier alpha value is -0.670. The Morgan fingerprint density at radius 2 is 1.76 bits per heavy atom. The van der Waals surface area contributed by atoms with Gasteiger partial charge in [-0.3, -0.25) is 0 Å². The van der Waals surface area contributed by atoms with Crippen LogP contribution in [0.4, 0.5) is 4.39 Å². The van der Waals surface area contributed by atoms with Crippen molar-refractivity contribution in [2.75, 3.05) is 0 Å². The van der Waals surface area contributed by atoms with Gasteiger partial charge in [0.2, 0.25) is 0 Å². The summed E-state index contributed by atoms with van der Waals surface area (Å²) in [6.45, 7) is 0. The largest absolute Gasteiger partial charge is 0.207 e. The molecule has 0 spiro atoms. The highest BCUT2D eigenvalue weighted by Crippen LogP contribution is 2.29. The molecular weight excluding hydrogens is 347 g/mol. The molecular formula is C14H11Br2F. The SMILES string of the molecule is Fc1cc(Br)cc(C(Br)Cc2ccccc2)c1. The number of alkyl halides is 1. The monoisotopic (exact) mass is 356 g/mol. The van der Waals surface area contributed by atoms with Gasteiger partial charge in [0.1, 0.15) is 5.82 Å². The second-order valence-corrected chi connectivity index (χ2v) is 5.88. The smallest absolute Gasteiger partial charge is 0.124 e. The van der Waals surface area contributed by atoms with Crippen LogP contribution in [0.1, 0.15) is 16.0 Å². The maximum absolute atomic E-state index is 13.3. The Morgan fingerprint density at radius 3 is 2.41 bits per heavy atom. The standard InChI is InChI=1S/C14H11Br2F/c15-12-7-11(8-13(17)9-12)14(16)6-10-4-2-1-3-5-10/h1-5,7-9,14H,6H2. The lowest BCUT2D eigenvalue weighted by Gasteiger charge is -2.11. The molecule has 0 radical (unpaired) electrons. The lowest BCUT2D eigenvalue weighted by molar-refractivity contribution is 0.624. The molecule has 1 unspecified atom stereocenters. The summed E-state index contributed by atoms with van der Waals surface area (Å²) in [6.07, 6.45) is 0.844. The second-order valence-electron chi connectivity index (χ2n) is 3.86. The van der Waals surface area contributed by atoms with Crippen molar-refractivity contribution in [2.45, 2.75) is 11.2 Å². The molecule has 0 amide bonds. The highest BCUT2D eigenvalue weighted by molar-refractivity contribution is 9.10. The third-order valence-corrected chi connectivity index (χ3v) is 3.81. The van der Waals surface area contributed by atoms with Gasteiger partial charge in [0.15, 0.2) is 0 Å². The highest BCUT2D eigenvalue weighted by atomic mass is 79.9. The highest BCUT2D eigenvalue weighted by Gasteiger charge is 2.10. The summed E-state index contributed by atoms with van der Waals surface area (Å²) in [7, 11) is 0. The van der Waals surface area contributed by atoms with Gasteiger partial charge >= 0.3 is 0 Å². The van der Waals surface area contributed by atoms with E-state index >= 15 is 0 Å². The summed E-state index contributed by atoms with van der Waals surface area (Å²) in [5.74, 6) is -0.216. The number of hydrogen-bond donors (Lipinski definition) is 0. The molecule has 0 aliphatic rings. The minimum absolute atomic E-state index is 0.122. The first-order valence-corrected chi connectivity index (χ1v) is 7.00. The lowest BCUT2D eigenvalue weighted by atomic mass is 10.0. The molecule has 1 atom stereocenters. The zero-order valence-corrected chi connectivity index (χ0v) is 12.2. The Morgan fingerprint density at radius 1 is 1.06 bits per heavy atom. The van der Waals surface area contributed by atoms with Crippen molar-refractivity contribution in [1.29, 1.82) is 0 Å². The average Bonchev–Trinajstić information content (AvgIpc) is 2.29. The van der Waals surface area contributed by atoms with Crippen LogP contribution in [0.2, 0.25) is 0 Å². The fourth-order valence-corrected chi connectivity index (χ4v) is 2.82. The third-order valence-electron chi connectivity index (χ3n) is 2.50. The zero-order valence-electron chi connectivity index (χ0n) is 9.04. The molecule has 0 nitrogen and oxygen atoms in total. The summed E-state index contributed by atoms with van der Waals surface area (Å²) >= 11 is 6.91. The van der Waals surface area contributed by atoms with Crippen LogP contribution in [0.5, 0.6) is 0 Å². The quantitative estimate of drug-likeness (QED) is 0.656. The number of benzene rings is 2. The van der Waals surface area contributed by atoms with E-state index in [1.54, 1.807) is 6.07 Å². The third kappa shape index (κ3) is 3.65. The predicted octanol–water partition coefficient (Wildman–Crippen LogP) is 5.27. The molecule has 3 heteroatoms. The van der Waals surface area contributed by atoms with Gasteiger partial charge in [-0.05, 0) is 35.7 Å². The van der Waals surface area contributed by atoms with Crippen LogP contribution >= 0.6 is 31.9 Å². The maximum Gasteiger partial charge on any atom is 0.124 e. The summed E-state index contributed by atoms with van der Waals surface area (Å²) in [6, 6.07) is 15.1. The van der Waals surface area contributed by atoms with Gasteiger partial charge in [0, 0.05) is 9.30 Å². The molecule has 0 saturated carbocycles. The Balaban J connectivity index is 2.17. The van der Waals surface area contributed by atoms with E-state index < -0.39 is 0 Å². The van der Waals surface area contributed by atoms with Crippen molar-refractivity contribution < 1.29 is 4.39 Å². The van der Waals surface area contributed by atoms with E-state index in [0.717, 1.165) is 16.5 Å². The number of hydrogen-bond acceptors (Lipinski definition) is 0. The van der Waals surface area contributed by atoms with Crippen LogP contribution in [0.25, 0.3) is 0 Å². The van der Waals surface area contributed by atoms with Crippen molar-refractivity contribution in [1.82, 2.24) is 0 Å². The fraction of sp³-hybridized carbons (Fsp3) is 0.143. The molecule has 0 bridgehead atoms. The molecule has 0 fully saturated rings. The Kier molecular flexibility index (Phi) is 4.35. The molecule has 0 N–H and O–H groups in total. The van der Waals surface area contributed by atoms with Gasteiger partial charge in [-0.1, -0.05) is 62.2 Å². The van der Waals surface area contributed by atoms with Crippen molar-refractivity contribution in [3.63, 3.8) is 0 Å². The molecule has 0 aromatic heterocycles. The van der Waals surface area contributed by atoms with Crippen molar-refractivity contribution >= 4 is 31.9 Å². The first-order valence-electron chi connectivity index (χ1n) is 5.29. The first kappa shape index (κ1) is 12.8. The van der Waals surface area contributed by atoms with E-state index in [4.69, 9.17) is 0 Å². The van der Waals surface area contributed by atoms with Gasteiger partial charge in [-0.2, -0.15) is 0 Å². The van der Waals surface area contributed by atoms with E-state index in [0.29, 0.717) is 0 Å². The van der Waals surface area contributed by atoms with Crippen LogP contribution in [0, 0.1) is 5.82 Å². The van der Waals surface area contributed by atoms with E-state index in [2.05, 4.69) is 44.0 Å². The van der Waals surface area contributed by atoms with Crippen LogP contribution in [0.15, 0.2) is 53.0 Å². The van der Waals surface area contributed by atoms with Crippen LogP contribution in [0.3, 0.4) is 0 Å². The van der Waals surface area contributed by atoms with Crippen molar-refractivity contribution in [2.24, 2.45) is 0 Å². The summed E-state index contributed by atoms with van der Waals surface area (Å²) in [5.41, 5.74) is 2.18. The molecule has 2 rings (SSSR count). The normalized spacial score (nSPS) is 12.4. The summed E-state index contributed by atoms with van der Waals surface area (Å²) in [4.78, 5) is 0.122. The van der Waals surface area contributed by atoms with Crippen LogP contribution < -0.4 is 0 Å². The van der Waals surface area contributed by atoms with Crippen LogP contribution in [-0.2, 0) is 6.42 Å². The van der Waals surface area contributed by atoms with E-state index in [1.807, 2.05) is 24.3 Å². The fourth-order valence-electron chi connectivity index (χ4n) is 1.69. The molecule has 0 aliphatic carbocycles. The van der Waals surface area contributed by atoms with Gasteiger partial charge in [-0.15, -0.1) is 0 Å². The predicted molar refractivity (Wildman–Crippen MR) is 75.9 cm³/mol. The van der Waals surface area contributed by atoms with Crippen LogP contribution in [-0.4, -0.2) is 0 Å². The molecule has 2 aromatic rings. The van der Waals surface area contributed by atoms with Gasteiger partial charge < -0.3 is 0 Å². The van der Waals surface area contributed by atoms with Crippen molar-refractivity contribution in [3.05, 3.63) is 69.9 Å². The summed E-state index contributed by atoms with van der Waals surface area (Å²) < 4.78 is 14.0. The molecule has 88 valence electrons. The van der Waals surface area contributed by atoms with Crippen molar-refractivity contribution in [3.8, 4) is 0 Å². The number of halogens is 3. The van der Waals surface area contributed by atoms with E-state index in [9.17, 15) is 4.39 Å². The molecule has 17 heavy (non-hydrogen) atoms. The van der Waals surface area contributed by atoms with E-state index in [1.165, 1.54) is 11.6 Å². The summed E-state index contributed by atoms with van der Waals surface area (Å²) in [5, 5.41) is 0. The van der Waals surface area contributed by atoms with Gasteiger partial charge in [0.25, 0.3) is 0 Å². The van der Waals surface area contributed by atoms with Gasteiger partial charge in [-0.25, -0.2) is 4.39 Å². The molecule has 0 aliphatic heterocycles.